The monoisotopic (exact) mass is 474 g/mol. The van der Waals surface area contributed by atoms with Gasteiger partial charge in [-0.25, -0.2) is 0 Å². The molecule has 0 radical (unpaired) electrons. The Kier molecular flexibility index (Phi) is 5.80. The van der Waals surface area contributed by atoms with Crippen molar-refractivity contribution in [2.45, 2.75) is 13.8 Å². The van der Waals surface area contributed by atoms with Crippen LogP contribution in [-0.2, 0) is 4.79 Å². The third kappa shape index (κ3) is 3.93. The van der Waals surface area contributed by atoms with Crippen molar-refractivity contribution >= 4 is 40.8 Å². The molecule has 6 nitrogen and oxygen atoms in total. The molecule has 0 bridgehead atoms. The van der Waals surface area contributed by atoms with Crippen molar-refractivity contribution in [3.63, 3.8) is 0 Å². The molecule has 2 N–H and O–H groups in total. The lowest BCUT2D eigenvalue weighted by Crippen LogP contribution is -2.47. The molecule has 2 aromatic carbocycles. The number of carbonyl (C=O) groups excluding carboxylic acids is 2. The van der Waals surface area contributed by atoms with Gasteiger partial charge in [-0.3, -0.25) is 9.59 Å². The lowest BCUT2D eigenvalue weighted by molar-refractivity contribution is -0.110. The molecule has 0 atom stereocenters. The molecule has 3 heterocycles. The van der Waals surface area contributed by atoms with Gasteiger partial charge in [0.05, 0.1) is 11.1 Å². The number of piperazine rings is 1. The summed E-state index contributed by atoms with van der Waals surface area (Å²) in [7, 11) is 2.07. The summed E-state index contributed by atoms with van der Waals surface area (Å²) in [5.74, 6) is -0.114. The van der Waals surface area contributed by atoms with Gasteiger partial charge in [-0.05, 0) is 61.9 Å². The van der Waals surface area contributed by atoms with E-state index in [-0.39, 0.29) is 11.8 Å². The lowest BCUT2D eigenvalue weighted by Gasteiger charge is -2.32. The van der Waals surface area contributed by atoms with E-state index in [1.165, 1.54) is 0 Å². The number of likely N-dealkylation sites (N-methyl/N-ethyl adjacent to an activating group) is 1. The molecule has 0 saturated carbocycles. The van der Waals surface area contributed by atoms with Gasteiger partial charge in [0.2, 0.25) is 0 Å². The van der Waals surface area contributed by atoms with Crippen molar-refractivity contribution in [1.29, 1.82) is 0 Å². The summed E-state index contributed by atoms with van der Waals surface area (Å²) < 4.78 is 0. The number of halogens is 1. The van der Waals surface area contributed by atoms with Crippen LogP contribution in [0.1, 0.15) is 32.9 Å². The number of nitrogens with zero attached hydrogens (tertiary/aromatic N) is 2. The first kappa shape index (κ1) is 22.4. The van der Waals surface area contributed by atoms with E-state index in [9.17, 15) is 9.59 Å². The lowest BCUT2D eigenvalue weighted by atomic mass is 9.94. The van der Waals surface area contributed by atoms with Gasteiger partial charge in [0.25, 0.3) is 11.8 Å². The Balaban J connectivity index is 1.55. The number of benzene rings is 2. The molecule has 0 aliphatic carbocycles. The van der Waals surface area contributed by atoms with Gasteiger partial charge >= 0.3 is 0 Å². The van der Waals surface area contributed by atoms with Gasteiger partial charge in [0, 0.05) is 53.8 Å². The number of anilines is 1. The molecule has 1 saturated heterocycles. The molecule has 2 aliphatic heterocycles. The summed E-state index contributed by atoms with van der Waals surface area (Å²) >= 11 is 6.08. The first-order valence-corrected chi connectivity index (χ1v) is 11.8. The zero-order valence-corrected chi connectivity index (χ0v) is 20.3. The predicted octanol–water partition coefficient (Wildman–Crippen LogP) is 4.83. The summed E-state index contributed by atoms with van der Waals surface area (Å²) in [6, 6.07) is 13.4. The minimum Gasteiger partial charge on any atom is -0.358 e. The van der Waals surface area contributed by atoms with Crippen LogP contribution in [0.3, 0.4) is 0 Å². The van der Waals surface area contributed by atoms with E-state index in [4.69, 9.17) is 11.6 Å². The zero-order chi connectivity index (χ0) is 24.0. The van der Waals surface area contributed by atoms with Gasteiger partial charge in [-0.1, -0.05) is 35.9 Å². The van der Waals surface area contributed by atoms with Crippen molar-refractivity contribution in [3.05, 3.63) is 75.6 Å². The van der Waals surface area contributed by atoms with Gasteiger partial charge in [0.1, 0.15) is 0 Å². The molecule has 0 spiro atoms. The minimum absolute atomic E-state index is 0.0436. The number of carbonyl (C=O) groups is 2. The predicted molar refractivity (Wildman–Crippen MR) is 137 cm³/mol. The van der Waals surface area contributed by atoms with Gasteiger partial charge < -0.3 is 20.1 Å². The highest BCUT2D eigenvalue weighted by atomic mass is 35.5. The van der Waals surface area contributed by atoms with E-state index in [1.54, 1.807) is 0 Å². The standard InChI is InChI=1S/C27H27ClN4O2/c1-16-23(29-17(2)24(16)27(34)32-13-11-31(3)12-14-32)15-21-25-20(18-7-9-19(28)10-8-18)5-4-6-22(25)30-26(21)33/h4-10,15,29H,11-14H2,1-3H3,(H,30,33)/b21-15-. The molecule has 1 fully saturated rings. The Morgan fingerprint density at radius 3 is 2.44 bits per heavy atom. The first-order valence-electron chi connectivity index (χ1n) is 11.4. The van der Waals surface area contributed by atoms with Crippen molar-refractivity contribution in [2.75, 3.05) is 38.5 Å². The maximum absolute atomic E-state index is 13.3. The molecule has 0 unspecified atom stereocenters. The van der Waals surface area contributed by atoms with Crippen molar-refractivity contribution in [2.24, 2.45) is 0 Å². The van der Waals surface area contributed by atoms with Crippen LogP contribution in [0.5, 0.6) is 0 Å². The zero-order valence-electron chi connectivity index (χ0n) is 19.5. The number of fused-ring (bicyclic) bond motifs is 1. The van der Waals surface area contributed by atoms with Crippen molar-refractivity contribution in [3.8, 4) is 11.1 Å². The number of nitrogens with one attached hydrogen (secondary N) is 2. The van der Waals surface area contributed by atoms with Crippen LogP contribution in [0.25, 0.3) is 22.8 Å². The highest BCUT2D eigenvalue weighted by molar-refractivity contribution is 6.36. The smallest absolute Gasteiger partial charge is 0.256 e. The average Bonchev–Trinajstić information content (AvgIpc) is 3.29. The molecule has 2 amide bonds. The molecule has 3 aromatic rings. The van der Waals surface area contributed by atoms with Crippen molar-refractivity contribution < 1.29 is 9.59 Å². The third-order valence-electron chi connectivity index (χ3n) is 6.75. The average molecular weight is 475 g/mol. The Morgan fingerprint density at radius 2 is 1.74 bits per heavy atom. The van der Waals surface area contributed by atoms with E-state index >= 15 is 0 Å². The van der Waals surface area contributed by atoms with Crippen LogP contribution < -0.4 is 5.32 Å². The highest BCUT2D eigenvalue weighted by Crippen LogP contribution is 2.41. The summed E-state index contributed by atoms with van der Waals surface area (Å²) in [4.78, 5) is 33.8. The van der Waals surface area contributed by atoms with Crippen LogP contribution in [0, 0.1) is 13.8 Å². The maximum Gasteiger partial charge on any atom is 0.256 e. The Morgan fingerprint density at radius 1 is 1.03 bits per heavy atom. The highest BCUT2D eigenvalue weighted by Gasteiger charge is 2.29. The third-order valence-corrected chi connectivity index (χ3v) is 7.00. The Hall–Kier alpha value is -3.35. The number of H-pyrrole nitrogens is 1. The largest absolute Gasteiger partial charge is 0.358 e. The number of hydrogen-bond acceptors (Lipinski definition) is 3. The molecule has 174 valence electrons. The van der Waals surface area contributed by atoms with Crippen LogP contribution in [-0.4, -0.2) is 59.8 Å². The van der Waals surface area contributed by atoms with Gasteiger partial charge in [0.15, 0.2) is 0 Å². The fourth-order valence-electron chi connectivity index (χ4n) is 4.81. The number of hydrogen-bond donors (Lipinski definition) is 2. The summed E-state index contributed by atoms with van der Waals surface area (Å²) in [5, 5.41) is 3.65. The molecule has 1 aromatic heterocycles. The number of aromatic nitrogens is 1. The molecule has 7 heteroatoms. The Labute approximate surface area is 204 Å². The fraction of sp³-hybridized carbons (Fsp3) is 0.259. The van der Waals surface area contributed by atoms with Crippen LogP contribution in [0.2, 0.25) is 5.02 Å². The van der Waals surface area contributed by atoms with E-state index < -0.39 is 0 Å². The van der Waals surface area contributed by atoms with Crippen LogP contribution >= 0.6 is 11.6 Å². The van der Waals surface area contributed by atoms with E-state index in [2.05, 4.69) is 22.2 Å². The molecule has 34 heavy (non-hydrogen) atoms. The normalized spacial score (nSPS) is 17.2. The Bertz CT molecular complexity index is 1320. The van der Waals surface area contributed by atoms with E-state index in [0.717, 1.165) is 65.5 Å². The molecular formula is C27H27ClN4O2. The summed E-state index contributed by atoms with van der Waals surface area (Å²) in [6.07, 6.45) is 1.86. The quantitative estimate of drug-likeness (QED) is 0.534. The van der Waals surface area contributed by atoms with Crippen molar-refractivity contribution in [1.82, 2.24) is 14.8 Å². The second kappa shape index (κ2) is 8.78. The molecule has 5 rings (SSSR count). The van der Waals surface area contributed by atoms with E-state index in [1.807, 2.05) is 67.3 Å². The summed E-state index contributed by atoms with van der Waals surface area (Å²) in [6.45, 7) is 7.04. The number of aryl methyl sites for hydroxylation is 1. The minimum atomic E-state index is -0.157. The SMILES string of the molecule is Cc1[nH]c(/C=C2\C(=O)Nc3cccc(-c4ccc(Cl)cc4)c32)c(C)c1C(=O)N1CCN(C)CC1. The fourth-order valence-corrected chi connectivity index (χ4v) is 4.93. The topological polar surface area (TPSA) is 68.4 Å². The number of amides is 2. The summed E-state index contributed by atoms with van der Waals surface area (Å²) in [5.41, 5.74) is 7.29. The number of aromatic amines is 1. The van der Waals surface area contributed by atoms with Gasteiger partial charge in [-0.15, -0.1) is 0 Å². The van der Waals surface area contributed by atoms with Crippen LogP contribution in [0.4, 0.5) is 5.69 Å². The van der Waals surface area contributed by atoms with Gasteiger partial charge in [-0.2, -0.15) is 0 Å². The number of rotatable bonds is 3. The molecular weight excluding hydrogens is 448 g/mol. The second-order valence-corrected chi connectivity index (χ2v) is 9.44. The van der Waals surface area contributed by atoms with Crippen LogP contribution in [0.15, 0.2) is 42.5 Å². The first-order chi connectivity index (χ1) is 16.3. The van der Waals surface area contributed by atoms with E-state index in [0.29, 0.717) is 16.2 Å². The molecule has 2 aliphatic rings. The second-order valence-electron chi connectivity index (χ2n) is 9.01. The maximum atomic E-state index is 13.3.